The molecule has 1 aliphatic carbocycles. The molecule has 1 aliphatic rings. The molecule has 0 aliphatic heterocycles. The van der Waals surface area contributed by atoms with E-state index in [2.05, 4.69) is 31.1 Å². The maximum atomic E-state index is 11.6. The van der Waals surface area contributed by atoms with Crippen molar-refractivity contribution in [2.45, 2.75) is 24.7 Å². The first kappa shape index (κ1) is 16.6. The smallest absolute Gasteiger partial charge is 0.161 e. The summed E-state index contributed by atoms with van der Waals surface area (Å²) in [7, 11) is 7.42. The first-order valence-corrected chi connectivity index (χ1v) is 7.60. The van der Waals surface area contributed by atoms with Crippen molar-refractivity contribution in [3.63, 3.8) is 0 Å². The molecule has 0 fully saturated rings. The van der Waals surface area contributed by atoms with Crippen molar-refractivity contribution in [2.75, 3.05) is 34.9 Å². The SMILES string of the molecule is COc1ccc(C2(CCN(C)C)C=CC(=O)CC2)cc1OC. The number of carbonyl (C=O) groups excluding carboxylic acids is 1. The quantitative estimate of drug-likeness (QED) is 0.810. The molecule has 1 atom stereocenters. The third-order valence-corrected chi connectivity index (χ3v) is 4.37. The largest absolute Gasteiger partial charge is 0.493 e. The number of carbonyl (C=O) groups is 1. The Morgan fingerprint density at radius 2 is 1.91 bits per heavy atom. The van der Waals surface area contributed by atoms with Crippen LogP contribution in [-0.4, -0.2) is 45.5 Å². The molecule has 1 unspecified atom stereocenters. The number of benzene rings is 1. The van der Waals surface area contributed by atoms with E-state index < -0.39 is 0 Å². The highest BCUT2D eigenvalue weighted by molar-refractivity contribution is 5.91. The van der Waals surface area contributed by atoms with Crippen LogP contribution in [0.1, 0.15) is 24.8 Å². The van der Waals surface area contributed by atoms with Gasteiger partial charge in [0.2, 0.25) is 0 Å². The van der Waals surface area contributed by atoms with Crippen molar-refractivity contribution in [1.29, 1.82) is 0 Å². The van der Waals surface area contributed by atoms with Gasteiger partial charge in [-0.05, 0) is 57.3 Å². The van der Waals surface area contributed by atoms with Gasteiger partial charge in [-0.3, -0.25) is 4.79 Å². The summed E-state index contributed by atoms with van der Waals surface area (Å²) in [5.41, 5.74) is 1.06. The third kappa shape index (κ3) is 3.50. The zero-order chi connectivity index (χ0) is 16.2. The fraction of sp³-hybridized carbons (Fsp3) is 0.500. The van der Waals surface area contributed by atoms with Crippen molar-refractivity contribution >= 4 is 5.78 Å². The van der Waals surface area contributed by atoms with E-state index in [1.807, 2.05) is 12.1 Å². The van der Waals surface area contributed by atoms with E-state index >= 15 is 0 Å². The number of rotatable bonds is 6. The second kappa shape index (κ2) is 6.97. The summed E-state index contributed by atoms with van der Waals surface area (Å²) in [4.78, 5) is 13.8. The van der Waals surface area contributed by atoms with Gasteiger partial charge in [0.25, 0.3) is 0 Å². The molecule has 0 saturated heterocycles. The maximum absolute atomic E-state index is 11.6. The molecular formula is C18H25NO3. The second-order valence-corrected chi connectivity index (χ2v) is 6.08. The number of hydrogen-bond acceptors (Lipinski definition) is 4. The Hall–Kier alpha value is -1.81. The summed E-state index contributed by atoms with van der Waals surface area (Å²) in [6, 6.07) is 6.06. The van der Waals surface area contributed by atoms with E-state index in [9.17, 15) is 4.79 Å². The Bertz CT molecular complexity index is 565. The van der Waals surface area contributed by atoms with Gasteiger partial charge in [-0.1, -0.05) is 12.1 Å². The molecule has 120 valence electrons. The van der Waals surface area contributed by atoms with Crippen LogP contribution in [0.15, 0.2) is 30.4 Å². The number of ether oxygens (including phenoxy) is 2. The van der Waals surface area contributed by atoms with Gasteiger partial charge >= 0.3 is 0 Å². The van der Waals surface area contributed by atoms with Gasteiger partial charge in [0.05, 0.1) is 14.2 Å². The topological polar surface area (TPSA) is 38.8 Å². The lowest BCUT2D eigenvalue weighted by Gasteiger charge is -2.35. The van der Waals surface area contributed by atoms with Crippen LogP contribution in [0.4, 0.5) is 0 Å². The second-order valence-electron chi connectivity index (χ2n) is 6.08. The highest BCUT2D eigenvalue weighted by Crippen LogP contribution is 2.41. The normalized spacial score (nSPS) is 21.2. The molecule has 22 heavy (non-hydrogen) atoms. The summed E-state index contributed by atoms with van der Waals surface area (Å²) in [6.07, 6.45) is 6.21. The molecule has 0 amide bonds. The van der Waals surface area contributed by atoms with Crippen LogP contribution in [0.25, 0.3) is 0 Å². The molecule has 4 heteroatoms. The number of ketones is 1. The van der Waals surface area contributed by atoms with Gasteiger partial charge in [-0.15, -0.1) is 0 Å². The maximum Gasteiger partial charge on any atom is 0.161 e. The van der Waals surface area contributed by atoms with Gasteiger partial charge in [-0.2, -0.15) is 0 Å². The molecule has 0 heterocycles. The lowest BCUT2D eigenvalue weighted by Crippen LogP contribution is -2.32. The minimum absolute atomic E-state index is 0.113. The van der Waals surface area contributed by atoms with Crippen LogP contribution < -0.4 is 9.47 Å². The van der Waals surface area contributed by atoms with Gasteiger partial charge in [0.1, 0.15) is 0 Å². The van der Waals surface area contributed by atoms with Gasteiger partial charge in [-0.25, -0.2) is 0 Å². The Morgan fingerprint density at radius 3 is 2.45 bits per heavy atom. The van der Waals surface area contributed by atoms with Crippen LogP contribution in [0.2, 0.25) is 0 Å². The molecule has 4 nitrogen and oxygen atoms in total. The van der Waals surface area contributed by atoms with E-state index in [4.69, 9.17) is 9.47 Å². The van der Waals surface area contributed by atoms with Crippen LogP contribution in [0.3, 0.4) is 0 Å². The Labute approximate surface area is 132 Å². The highest BCUT2D eigenvalue weighted by atomic mass is 16.5. The number of allylic oxidation sites excluding steroid dienone is 2. The van der Waals surface area contributed by atoms with Crippen molar-refractivity contribution < 1.29 is 14.3 Å². The van der Waals surface area contributed by atoms with E-state index in [0.29, 0.717) is 6.42 Å². The van der Waals surface area contributed by atoms with Gasteiger partial charge < -0.3 is 14.4 Å². The predicted octanol–water partition coefficient (Wildman–Crippen LogP) is 2.81. The molecule has 1 aromatic carbocycles. The fourth-order valence-electron chi connectivity index (χ4n) is 2.93. The van der Waals surface area contributed by atoms with E-state index in [1.165, 1.54) is 5.56 Å². The minimum Gasteiger partial charge on any atom is -0.493 e. The molecule has 1 aromatic rings. The molecule has 2 rings (SSSR count). The summed E-state index contributed by atoms with van der Waals surface area (Å²) >= 11 is 0. The summed E-state index contributed by atoms with van der Waals surface area (Å²) in [5, 5.41) is 0. The van der Waals surface area contributed by atoms with Crippen molar-refractivity contribution in [2.24, 2.45) is 0 Å². The van der Waals surface area contributed by atoms with Crippen LogP contribution in [0, 0.1) is 0 Å². The minimum atomic E-state index is -0.113. The summed E-state index contributed by atoms with van der Waals surface area (Å²) in [6.45, 7) is 0.965. The standard InChI is InChI=1S/C18H25NO3/c1-19(2)12-11-18(9-7-15(20)8-10-18)14-5-6-16(21-3)17(13-14)22-4/h5-7,9,13H,8,10-12H2,1-4H3. The average Bonchev–Trinajstić information content (AvgIpc) is 2.54. The van der Waals surface area contributed by atoms with Gasteiger partial charge in [0.15, 0.2) is 17.3 Å². The predicted molar refractivity (Wildman–Crippen MR) is 87.8 cm³/mol. The number of methoxy groups -OCH3 is 2. The molecule has 0 spiro atoms. The molecular weight excluding hydrogens is 278 g/mol. The highest BCUT2D eigenvalue weighted by Gasteiger charge is 2.33. The average molecular weight is 303 g/mol. The third-order valence-electron chi connectivity index (χ3n) is 4.37. The molecule has 0 bridgehead atoms. The monoisotopic (exact) mass is 303 g/mol. The number of hydrogen-bond donors (Lipinski definition) is 0. The van der Waals surface area contributed by atoms with Crippen LogP contribution in [-0.2, 0) is 10.2 Å². The van der Waals surface area contributed by atoms with Crippen molar-refractivity contribution in [3.05, 3.63) is 35.9 Å². The van der Waals surface area contributed by atoms with E-state index in [0.717, 1.165) is 30.9 Å². The Kier molecular flexibility index (Phi) is 5.24. The molecule has 0 radical (unpaired) electrons. The summed E-state index contributed by atoms with van der Waals surface area (Å²) in [5.74, 6) is 1.67. The lowest BCUT2D eigenvalue weighted by atomic mass is 9.71. The lowest BCUT2D eigenvalue weighted by molar-refractivity contribution is -0.115. The molecule has 0 N–H and O–H groups in total. The van der Waals surface area contributed by atoms with Crippen molar-refractivity contribution in [1.82, 2.24) is 4.90 Å². The summed E-state index contributed by atoms with van der Waals surface area (Å²) < 4.78 is 10.8. The Morgan fingerprint density at radius 1 is 1.18 bits per heavy atom. The molecule has 0 saturated carbocycles. The zero-order valence-corrected chi connectivity index (χ0v) is 13.9. The van der Waals surface area contributed by atoms with E-state index in [1.54, 1.807) is 20.3 Å². The Balaban J connectivity index is 2.40. The van der Waals surface area contributed by atoms with Crippen LogP contribution in [0.5, 0.6) is 11.5 Å². The van der Waals surface area contributed by atoms with Crippen LogP contribution >= 0.6 is 0 Å². The fourth-order valence-corrected chi connectivity index (χ4v) is 2.93. The first-order chi connectivity index (χ1) is 10.5. The van der Waals surface area contributed by atoms with Gasteiger partial charge in [0, 0.05) is 11.8 Å². The number of nitrogens with zero attached hydrogens (tertiary/aromatic N) is 1. The first-order valence-electron chi connectivity index (χ1n) is 7.60. The zero-order valence-electron chi connectivity index (χ0n) is 13.9. The van der Waals surface area contributed by atoms with Crippen molar-refractivity contribution in [3.8, 4) is 11.5 Å². The molecule has 0 aromatic heterocycles. The van der Waals surface area contributed by atoms with E-state index in [-0.39, 0.29) is 11.2 Å².